The molecule has 5 heteroatoms. The van der Waals surface area contributed by atoms with Gasteiger partial charge in [-0.25, -0.2) is 0 Å². The van der Waals surface area contributed by atoms with E-state index in [1.165, 1.54) is 0 Å². The SMILES string of the molecule is Cc1ccc(C(=O)NC(C(N)=S)C2CC2)o1. The number of hydrogen-bond acceptors (Lipinski definition) is 3. The van der Waals surface area contributed by atoms with Crippen LogP contribution >= 0.6 is 12.2 Å². The summed E-state index contributed by atoms with van der Waals surface area (Å²) < 4.78 is 5.23. The van der Waals surface area contributed by atoms with Gasteiger partial charge in [0.25, 0.3) is 5.91 Å². The largest absolute Gasteiger partial charge is 0.456 e. The summed E-state index contributed by atoms with van der Waals surface area (Å²) in [4.78, 5) is 12.1. The fraction of sp³-hybridized carbons (Fsp3) is 0.455. The van der Waals surface area contributed by atoms with Crippen molar-refractivity contribution in [1.29, 1.82) is 0 Å². The number of aryl methyl sites for hydroxylation is 1. The van der Waals surface area contributed by atoms with E-state index in [9.17, 15) is 4.79 Å². The van der Waals surface area contributed by atoms with Gasteiger partial charge in [0.1, 0.15) is 5.76 Å². The van der Waals surface area contributed by atoms with Crippen LogP contribution in [-0.2, 0) is 0 Å². The molecule has 1 heterocycles. The van der Waals surface area contributed by atoms with Crippen molar-refractivity contribution < 1.29 is 9.21 Å². The lowest BCUT2D eigenvalue weighted by atomic mass is 10.2. The molecule has 0 aliphatic heterocycles. The third-order valence-electron chi connectivity index (χ3n) is 2.65. The highest BCUT2D eigenvalue weighted by Crippen LogP contribution is 2.32. The van der Waals surface area contributed by atoms with E-state index in [-0.39, 0.29) is 11.9 Å². The standard InChI is InChI=1S/C11H14N2O2S/c1-6-2-5-8(15-6)11(14)13-9(10(12)16)7-3-4-7/h2,5,7,9H,3-4H2,1H3,(H2,12,16)(H,13,14). The minimum Gasteiger partial charge on any atom is -0.456 e. The molecule has 2 rings (SSSR count). The van der Waals surface area contributed by atoms with Gasteiger partial charge in [0, 0.05) is 0 Å². The Hall–Kier alpha value is -1.36. The fourth-order valence-corrected chi connectivity index (χ4v) is 1.87. The minimum absolute atomic E-state index is 0.201. The van der Waals surface area contributed by atoms with Crippen molar-refractivity contribution in [2.75, 3.05) is 0 Å². The van der Waals surface area contributed by atoms with Crippen LogP contribution in [0.4, 0.5) is 0 Å². The Bertz CT molecular complexity index is 423. The van der Waals surface area contributed by atoms with Gasteiger partial charge >= 0.3 is 0 Å². The molecule has 16 heavy (non-hydrogen) atoms. The molecule has 1 fully saturated rings. The van der Waals surface area contributed by atoms with E-state index >= 15 is 0 Å². The van der Waals surface area contributed by atoms with Gasteiger partial charge in [-0.3, -0.25) is 4.79 Å². The highest BCUT2D eigenvalue weighted by atomic mass is 32.1. The number of carbonyl (C=O) groups is 1. The highest BCUT2D eigenvalue weighted by molar-refractivity contribution is 7.80. The second kappa shape index (κ2) is 4.25. The number of amides is 1. The molecule has 1 atom stereocenters. The first-order valence-electron chi connectivity index (χ1n) is 5.24. The summed E-state index contributed by atoms with van der Waals surface area (Å²) in [6.45, 7) is 1.79. The zero-order valence-electron chi connectivity index (χ0n) is 9.03. The van der Waals surface area contributed by atoms with Crippen LogP contribution in [0, 0.1) is 12.8 Å². The summed E-state index contributed by atoms with van der Waals surface area (Å²) in [6, 6.07) is 3.20. The third kappa shape index (κ3) is 2.41. The maximum atomic E-state index is 11.8. The Kier molecular flexibility index (Phi) is 2.96. The van der Waals surface area contributed by atoms with Crippen molar-refractivity contribution in [3.05, 3.63) is 23.7 Å². The highest BCUT2D eigenvalue weighted by Gasteiger charge is 2.34. The lowest BCUT2D eigenvalue weighted by molar-refractivity contribution is 0.0914. The van der Waals surface area contributed by atoms with Crippen LogP contribution in [0.15, 0.2) is 16.5 Å². The van der Waals surface area contributed by atoms with E-state index in [0.29, 0.717) is 22.4 Å². The average molecular weight is 238 g/mol. The maximum absolute atomic E-state index is 11.8. The van der Waals surface area contributed by atoms with Gasteiger partial charge in [-0.2, -0.15) is 0 Å². The van der Waals surface area contributed by atoms with E-state index in [0.717, 1.165) is 12.8 Å². The summed E-state index contributed by atoms with van der Waals surface area (Å²) in [5.41, 5.74) is 5.60. The number of carbonyl (C=O) groups excluding carboxylic acids is 1. The number of rotatable bonds is 4. The van der Waals surface area contributed by atoms with Crippen LogP contribution in [0.5, 0.6) is 0 Å². The zero-order valence-corrected chi connectivity index (χ0v) is 9.84. The van der Waals surface area contributed by atoms with Gasteiger partial charge in [0.15, 0.2) is 5.76 Å². The second-order valence-electron chi connectivity index (χ2n) is 4.10. The quantitative estimate of drug-likeness (QED) is 0.778. The Labute approximate surface area is 99.2 Å². The van der Waals surface area contributed by atoms with Gasteiger partial charge in [-0.05, 0) is 37.8 Å². The molecule has 1 amide bonds. The molecule has 0 radical (unpaired) electrons. The van der Waals surface area contributed by atoms with E-state index in [1.54, 1.807) is 19.1 Å². The zero-order chi connectivity index (χ0) is 11.7. The summed E-state index contributed by atoms with van der Waals surface area (Å²) >= 11 is 4.94. The Morgan fingerprint density at radius 2 is 2.31 bits per heavy atom. The Morgan fingerprint density at radius 1 is 1.62 bits per heavy atom. The Balaban J connectivity index is 2.02. The van der Waals surface area contributed by atoms with Crippen molar-refractivity contribution in [1.82, 2.24) is 5.32 Å². The summed E-state index contributed by atoms with van der Waals surface area (Å²) in [5, 5.41) is 2.81. The summed E-state index contributed by atoms with van der Waals surface area (Å²) in [6.07, 6.45) is 2.14. The summed E-state index contributed by atoms with van der Waals surface area (Å²) in [5.74, 6) is 1.16. The van der Waals surface area contributed by atoms with Crippen LogP contribution in [0.3, 0.4) is 0 Å². The molecule has 86 valence electrons. The number of nitrogens with two attached hydrogens (primary N) is 1. The molecule has 1 unspecified atom stereocenters. The predicted octanol–water partition coefficient (Wildman–Crippen LogP) is 1.38. The van der Waals surface area contributed by atoms with Crippen molar-refractivity contribution >= 4 is 23.1 Å². The van der Waals surface area contributed by atoms with Crippen LogP contribution in [0.2, 0.25) is 0 Å². The van der Waals surface area contributed by atoms with E-state index < -0.39 is 0 Å². The molecule has 3 N–H and O–H groups in total. The Morgan fingerprint density at radius 3 is 2.75 bits per heavy atom. The average Bonchev–Trinajstić information content (AvgIpc) is 2.96. The predicted molar refractivity (Wildman–Crippen MR) is 64.2 cm³/mol. The van der Waals surface area contributed by atoms with Gasteiger partial charge in [0.2, 0.25) is 0 Å². The van der Waals surface area contributed by atoms with Crippen LogP contribution in [-0.4, -0.2) is 16.9 Å². The molecule has 0 aromatic carbocycles. The smallest absolute Gasteiger partial charge is 0.287 e. The van der Waals surface area contributed by atoms with Crippen molar-refractivity contribution in [2.24, 2.45) is 11.7 Å². The van der Waals surface area contributed by atoms with Crippen LogP contribution in [0.25, 0.3) is 0 Å². The number of thiocarbonyl (C=S) groups is 1. The fourth-order valence-electron chi connectivity index (χ4n) is 1.62. The van der Waals surface area contributed by atoms with Gasteiger partial charge in [-0.15, -0.1) is 0 Å². The van der Waals surface area contributed by atoms with Crippen molar-refractivity contribution in [3.63, 3.8) is 0 Å². The lowest BCUT2D eigenvalue weighted by Gasteiger charge is -2.15. The lowest BCUT2D eigenvalue weighted by Crippen LogP contribution is -2.44. The van der Waals surface area contributed by atoms with E-state index in [1.807, 2.05) is 0 Å². The number of hydrogen-bond donors (Lipinski definition) is 2. The molecule has 1 saturated carbocycles. The van der Waals surface area contributed by atoms with Gasteiger partial charge in [-0.1, -0.05) is 12.2 Å². The third-order valence-corrected chi connectivity index (χ3v) is 2.90. The molecule has 4 nitrogen and oxygen atoms in total. The van der Waals surface area contributed by atoms with Crippen LogP contribution < -0.4 is 11.1 Å². The molecule has 0 spiro atoms. The van der Waals surface area contributed by atoms with Crippen LogP contribution in [0.1, 0.15) is 29.2 Å². The molecule has 1 aliphatic carbocycles. The molecular formula is C11H14N2O2S. The summed E-state index contributed by atoms with van der Waals surface area (Å²) in [7, 11) is 0. The molecule has 1 aromatic rings. The molecular weight excluding hydrogens is 224 g/mol. The van der Waals surface area contributed by atoms with E-state index in [2.05, 4.69) is 5.32 Å². The second-order valence-corrected chi connectivity index (χ2v) is 4.57. The maximum Gasteiger partial charge on any atom is 0.287 e. The van der Waals surface area contributed by atoms with Gasteiger partial charge < -0.3 is 15.5 Å². The van der Waals surface area contributed by atoms with E-state index in [4.69, 9.17) is 22.4 Å². The van der Waals surface area contributed by atoms with Gasteiger partial charge in [0.05, 0.1) is 11.0 Å². The number of nitrogens with one attached hydrogen (secondary N) is 1. The first kappa shape index (κ1) is 11.1. The molecule has 1 aromatic heterocycles. The van der Waals surface area contributed by atoms with Crippen molar-refractivity contribution in [2.45, 2.75) is 25.8 Å². The number of furan rings is 1. The normalized spacial score (nSPS) is 16.8. The topological polar surface area (TPSA) is 68.3 Å². The monoisotopic (exact) mass is 238 g/mol. The molecule has 0 bridgehead atoms. The first-order valence-corrected chi connectivity index (χ1v) is 5.65. The first-order chi connectivity index (χ1) is 7.58. The minimum atomic E-state index is -0.252. The van der Waals surface area contributed by atoms with Crippen molar-refractivity contribution in [3.8, 4) is 0 Å². The molecule has 1 aliphatic rings. The molecule has 0 saturated heterocycles.